The average molecular weight is 529 g/mol. The standard InChI is InChI=1S/C24H18F7N3O3/c1-12-8-15(10-16(20(35)36)19(12)34-7-4-14(33-34)11-23(26,27)28)32-21(37)22(5-6-22)17-3-2-13(9-18(17)25)24(29,30)31/h2-4,7-10H,5-6,11H2,1H3,(H,32,37)(H,35,36). The molecule has 0 radical (unpaired) electrons. The minimum absolute atomic E-state index is 0.00455. The van der Waals surface area contributed by atoms with Gasteiger partial charge >= 0.3 is 18.3 Å². The van der Waals surface area contributed by atoms with Crippen LogP contribution in [-0.4, -0.2) is 32.9 Å². The van der Waals surface area contributed by atoms with Crippen LogP contribution in [0.3, 0.4) is 0 Å². The lowest BCUT2D eigenvalue weighted by Crippen LogP contribution is -2.29. The Balaban J connectivity index is 1.63. The van der Waals surface area contributed by atoms with Crippen LogP contribution in [0.15, 0.2) is 42.6 Å². The quantitative estimate of drug-likeness (QED) is 0.395. The van der Waals surface area contributed by atoms with E-state index in [9.17, 15) is 45.4 Å². The van der Waals surface area contributed by atoms with E-state index in [1.54, 1.807) is 0 Å². The third-order valence-electron chi connectivity index (χ3n) is 6.04. The van der Waals surface area contributed by atoms with Crippen LogP contribution >= 0.6 is 0 Å². The summed E-state index contributed by atoms with van der Waals surface area (Å²) in [4.78, 5) is 25.0. The van der Waals surface area contributed by atoms with E-state index in [0.717, 1.165) is 22.9 Å². The van der Waals surface area contributed by atoms with E-state index < -0.39 is 47.4 Å². The number of carbonyl (C=O) groups is 2. The molecule has 4 rings (SSSR count). The van der Waals surface area contributed by atoms with Gasteiger partial charge in [-0.2, -0.15) is 31.4 Å². The van der Waals surface area contributed by atoms with Crippen molar-refractivity contribution in [1.82, 2.24) is 9.78 Å². The van der Waals surface area contributed by atoms with Crippen LogP contribution in [0.4, 0.5) is 36.4 Å². The topological polar surface area (TPSA) is 84.2 Å². The lowest BCUT2D eigenvalue weighted by molar-refractivity contribution is -0.137. The predicted octanol–water partition coefficient (Wildman–Crippen LogP) is 5.81. The highest BCUT2D eigenvalue weighted by molar-refractivity contribution is 6.03. The molecule has 1 saturated carbocycles. The Bertz CT molecular complexity index is 1390. The van der Waals surface area contributed by atoms with Gasteiger partial charge in [-0.3, -0.25) is 4.79 Å². The second-order valence-electron chi connectivity index (χ2n) is 8.77. The van der Waals surface area contributed by atoms with Crippen LogP contribution in [0.1, 0.15) is 45.6 Å². The minimum Gasteiger partial charge on any atom is -0.478 e. The fourth-order valence-corrected chi connectivity index (χ4v) is 4.18. The molecule has 1 heterocycles. The van der Waals surface area contributed by atoms with Gasteiger partial charge in [-0.1, -0.05) is 6.07 Å². The van der Waals surface area contributed by atoms with Crippen LogP contribution < -0.4 is 5.32 Å². The third kappa shape index (κ3) is 5.30. The largest absolute Gasteiger partial charge is 0.478 e. The molecule has 0 bridgehead atoms. The minimum atomic E-state index is -4.76. The molecular weight excluding hydrogens is 511 g/mol. The van der Waals surface area contributed by atoms with Crippen molar-refractivity contribution in [1.29, 1.82) is 0 Å². The van der Waals surface area contributed by atoms with Gasteiger partial charge in [0.1, 0.15) is 5.82 Å². The van der Waals surface area contributed by atoms with Crippen molar-refractivity contribution in [3.05, 3.63) is 76.4 Å². The van der Waals surface area contributed by atoms with Gasteiger partial charge in [0.05, 0.1) is 34.3 Å². The molecule has 6 nitrogen and oxygen atoms in total. The average Bonchev–Trinajstić information content (AvgIpc) is 3.45. The van der Waals surface area contributed by atoms with Crippen LogP contribution in [0.25, 0.3) is 5.69 Å². The number of carboxylic acids is 1. The van der Waals surface area contributed by atoms with Crippen molar-refractivity contribution in [2.45, 2.75) is 44.0 Å². The molecule has 0 saturated heterocycles. The molecule has 0 aliphatic heterocycles. The molecule has 13 heteroatoms. The number of aromatic carboxylic acids is 1. The maximum absolute atomic E-state index is 14.6. The van der Waals surface area contributed by atoms with Crippen LogP contribution in [0.2, 0.25) is 0 Å². The number of rotatable bonds is 6. The number of aromatic nitrogens is 2. The number of nitrogens with zero attached hydrogens (tertiary/aromatic N) is 2. The molecule has 37 heavy (non-hydrogen) atoms. The SMILES string of the molecule is Cc1cc(NC(=O)C2(c3ccc(C(F)(F)F)cc3F)CC2)cc(C(=O)O)c1-n1ccc(CC(F)(F)F)n1. The van der Waals surface area contributed by atoms with Crippen LogP contribution in [0, 0.1) is 12.7 Å². The van der Waals surface area contributed by atoms with E-state index in [0.29, 0.717) is 12.1 Å². The number of nitrogens with one attached hydrogen (secondary N) is 1. The molecule has 2 N–H and O–H groups in total. The summed E-state index contributed by atoms with van der Waals surface area (Å²) in [5.74, 6) is -3.37. The second-order valence-corrected chi connectivity index (χ2v) is 8.77. The van der Waals surface area contributed by atoms with E-state index in [4.69, 9.17) is 0 Å². The summed E-state index contributed by atoms with van der Waals surface area (Å²) in [5, 5.41) is 16.0. The van der Waals surface area contributed by atoms with Gasteiger partial charge in [0.15, 0.2) is 0 Å². The number of halogens is 7. The van der Waals surface area contributed by atoms with Crippen molar-refractivity contribution in [2.75, 3.05) is 5.32 Å². The summed E-state index contributed by atoms with van der Waals surface area (Å²) < 4.78 is 92.2. The Morgan fingerprint density at radius 2 is 1.76 bits per heavy atom. The molecule has 0 atom stereocenters. The molecule has 0 unspecified atom stereocenters. The van der Waals surface area contributed by atoms with Gasteiger partial charge in [-0.05, 0) is 55.7 Å². The lowest BCUT2D eigenvalue weighted by Gasteiger charge is -2.19. The van der Waals surface area contributed by atoms with Gasteiger partial charge in [0.2, 0.25) is 5.91 Å². The van der Waals surface area contributed by atoms with Gasteiger partial charge in [0, 0.05) is 17.4 Å². The number of hydrogen-bond acceptors (Lipinski definition) is 3. The molecule has 1 aromatic heterocycles. The molecule has 1 aliphatic rings. The van der Waals surface area contributed by atoms with Gasteiger partial charge in [-0.25, -0.2) is 13.9 Å². The normalized spacial score (nSPS) is 14.9. The Labute approximate surface area is 204 Å². The maximum Gasteiger partial charge on any atom is 0.416 e. The fraction of sp³-hybridized carbons (Fsp3) is 0.292. The van der Waals surface area contributed by atoms with Crippen molar-refractivity contribution in [2.24, 2.45) is 0 Å². The van der Waals surface area contributed by atoms with Gasteiger partial charge in [-0.15, -0.1) is 0 Å². The zero-order chi connectivity index (χ0) is 27.3. The summed E-state index contributed by atoms with van der Waals surface area (Å²) in [6.07, 6.45) is -9.06. The maximum atomic E-state index is 14.6. The number of carboxylic acid groups (broad SMARTS) is 1. The molecule has 2 aromatic carbocycles. The molecular formula is C24H18F7N3O3. The first-order chi connectivity index (χ1) is 17.1. The highest BCUT2D eigenvalue weighted by Crippen LogP contribution is 2.50. The summed E-state index contributed by atoms with van der Waals surface area (Å²) in [5.41, 5.74) is -3.28. The number of aryl methyl sites for hydroxylation is 1. The number of alkyl halides is 6. The summed E-state index contributed by atoms with van der Waals surface area (Å²) in [7, 11) is 0. The van der Waals surface area contributed by atoms with Crippen molar-refractivity contribution >= 4 is 17.6 Å². The van der Waals surface area contributed by atoms with Crippen molar-refractivity contribution in [3.63, 3.8) is 0 Å². The molecule has 0 spiro atoms. The van der Waals surface area contributed by atoms with Crippen molar-refractivity contribution in [3.8, 4) is 5.69 Å². The zero-order valence-electron chi connectivity index (χ0n) is 19.0. The van der Waals surface area contributed by atoms with E-state index in [-0.39, 0.29) is 46.6 Å². The Morgan fingerprint density at radius 3 is 2.30 bits per heavy atom. The summed E-state index contributed by atoms with van der Waals surface area (Å²) in [6, 6.07) is 5.46. The van der Waals surface area contributed by atoms with Crippen LogP contribution in [-0.2, 0) is 22.8 Å². The lowest BCUT2D eigenvalue weighted by atomic mass is 9.93. The number of amides is 1. The summed E-state index contributed by atoms with van der Waals surface area (Å²) >= 11 is 0. The molecule has 3 aromatic rings. The first-order valence-corrected chi connectivity index (χ1v) is 10.8. The first kappa shape index (κ1) is 26.2. The Morgan fingerprint density at radius 1 is 1.08 bits per heavy atom. The third-order valence-corrected chi connectivity index (χ3v) is 6.04. The second kappa shape index (κ2) is 8.89. The first-order valence-electron chi connectivity index (χ1n) is 10.8. The van der Waals surface area contributed by atoms with E-state index in [2.05, 4.69) is 10.4 Å². The highest BCUT2D eigenvalue weighted by Gasteiger charge is 2.53. The zero-order valence-corrected chi connectivity index (χ0v) is 19.0. The van der Waals surface area contributed by atoms with E-state index >= 15 is 0 Å². The number of anilines is 1. The van der Waals surface area contributed by atoms with Gasteiger partial charge in [0.25, 0.3) is 0 Å². The Hall–Kier alpha value is -3.90. The van der Waals surface area contributed by atoms with E-state index in [1.807, 2.05) is 0 Å². The fourth-order valence-electron chi connectivity index (χ4n) is 4.18. The molecule has 196 valence electrons. The number of hydrogen-bond donors (Lipinski definition) is 2. The van der Waals surface area contributed by atoms with Crippen molar-refractivity contribution < 1.29 is 45.4 Å². The number of benzene rings is 2. The van der Waals surface area contributed by atoms with Gasteiger partial charge < -0.3 is 10.4 Å². The number of carbonyl (C=O) groups excluding carboxylic acids is 1. The monoisotopic (exact) mass is 529 g/mol. The highest BCUT2D eigenvalue weighted by atomic mass is 19.4. The van der Waals surface area contributed by atoms with E-state index in [1.165, 1.54) is 19.2 Å². The summed E-state index contributed by atoms with van der Waals surface area (Å²) in [6.45, 7) is 1.46. The Kier molecular flexibility index (Phi) is 6.29. The molecule has 1 aliphatic carbocycles. The smallest absolute Gasteiger partial charge is 0.416 e. The molecule has 1 fully saturated rings. The predicted molar refractivity (Wildman–Crippen MR) is 116 cm³/mol. The van der Waals surface area contributed by atoms with Crippen LogP contribution in [0.5, 0.6) is 0 Å². The molecule has 1 amide bonds.